The summed E-state index contributed by atoms with van der Waals surface area (Å²) in [5.41, 5.74) is 2.91. The van der Waals surface area contributed by atoms with Gasteiger partial charge < -0.3 is 5.32 Å². The lowest BCUT2D eigenvalue weighted by molar-refractivity contribution is 0.558. The van der Waals surface area contributed by atoms with Gasteiger partial charge in [-0.3, -0.25) is 0 Å². The Balaban J connectivity index is 2.55. The maximum Gasteiger partial charge on any atom is 0.0238 e. The largest absolute Gasteiger partial charge is 0.309 e. The summed E-state index contributed by atoms with van der Waals surface area (Å²) >= 11 is 0. The van der Waals surface area contributed by atoms with E-state index in [0.29, 0.717) is 6.04 Å². The molecule has 1 heteroatoms. The zero-order chi connectivity index (χ0) is 12.9. The zero-order valence-electron chi connectivity index (χ0n) is 11.4. The maximum absolute atomic E-state index is 5.28. The summed E-state index contributed by atoms with van der Waals surface area (Å²) in [4.78, 5) is 0. The van der Waals surface area contributed by atoms with Crippen LogP contribution >= 0.6 is 0 Å². The molecule has 92 valence electrons. The molecule has 0 heterocycles. The highest BCUT2D eigenvalue weighted by molar-refractivity contribution is 5.27. The number of nitrogens with one attached hydrogen (secondary N) is 1. The van der Waals surface area contributed by atoms with Crippen LogP contribution in [0.5, 0.6) is 0 Å². The van der Waals surface area contributed by atoms with Gasteiger partial charge in [0.2, 0.25) is 0 Å². The molecule has 0 aliphatic carbocycles. The molecule has 1 atom stereocenters. The molecule has 1 aromatic carbocycles. The predicted octanol–water partition coefficient (Wildman–Crippen LogP) is 3.49. The van der Waals surface area contributed by atoms with Crippen LogP contribution in [0, 0.1) is 12.3 Å². The second-order valence-electron chi connectivity index (χ2n) is 5.64. The fourth-order valence-electron chi connectivity index (χ4n) is 1.66. The number of hydrogen-bond acceptors (Lipinski definition) is 1. The molecule has 0 saturated heterocycles. The lowest BCUT2D eigenvalue weighted by atomic mass is 9.87. The van der Waals surface area contributed by atoms with Gasteiger partial charge >= 0.3 is 0 Å². The maximum atomic E-state index is 5.28. The van der Waals surface area contributed by atoms with Crippen molar-refractivity contribution in [3.05, 3.63) is 35.4 Å². The third-order valence-electron chi connectivity index (χ3n) is 2.90. The average Bonchev–Trinajstić information content (AvgIpc) is 2.26. The number of rotatable bonds is 4. The molecule has 0 spiro atoms. The van der Waals surface area contributed by atoms with E-state index in [2.05, 4.69) is 63.2 Å². The van der Waals surface area contributed by atoms with Crippen LogP contribution < -0.4 is 5.32 Å². The van der Waals surface area contributed by atoms with Gasteiger partial charge in [-0.25, -0.2) is 0 Å². The highest BCUT2D eigenvalue weighted by Crippen LogP contribution is 2.22. The van der Waals surface area contributed by atoms with Crippen LogP contribution in [0.1, 0.15) is 45.2 Å². The van der Waals surface area contributed by atoms with Crippen molar-refractivity contribution < 1.29 is 0 Å². The van der Waals surface area contributed by atoms with Crippen molar-refractivity contribution >= 4 is 0 Å². The molecule has 0 fully saturated rings. The molecule has 0 aliphatic heterocycles. The van der Waals surface area contributed by atoms with Crippen LogP contribution in [0.15, 0.2) is 24.3 Å². The van der Waals surface area contributed by atoms with Crippen molar-refractivity contribution in [2.75, 3.05) is 0 Å². The first-order chi connectivity index (χ1) is 7.93. The normalized spacial score (nSPS) is 13.1. The van der Waals surface area contributed by atoms with Gasteiger partial charge in [-0.15, -0.1) is 12.3 Å². The summed E-state index contributed by atoms with van der Waals surface area (Å²) in [6.07, 6.45) is 6.05. The number of terminal acetylenes is 1. The van der Waals surface area contributed by atoms with Crippen molar-refractivity contribution in [1.29, 1.82) is 0 Å². The minimum Gasteiger partial charge on any atom is -0.309 e. The summed E-state index contributed by atoms with van der Waals surface area (Å²) < 4.78 is 0. The Morgan fingerprint density at radius 1 is 1.24 bits per heavy atom. The van der Waals surface area contributed by atoms with Crippen molar-refractivity contribution in [2.45, 2.75) is 52.1 Å². The van der Waals surface area contributed by atoms with Gasteiger partial charge in [0.15, 0.2) is 0 Å². The van der Waals surface area contributed by atoms with Gasteiger partial charge in [0.05, 0.1) is 0 Å². The smallest absolute Gasteiger partial charge is 0.0238 e. The molecule has 17 heavy (non-hydrogen) atoms. The molecule has 0 aliphatic rings. The van der Waals surface area contributed by atoms with E-state index in [1.165, 1.54) is 11.1 Å². The fourth-order valence-corrected chi connectivity index (χ4v) is 1.66. The Morgan fingerprint density at radius 2 is 1.82 bits per heavy atom. The Labute approximate surface area is 106 Å². The van der Waals surface area contributed by atoms with E-state index in [0.717, 1.165) is 13.0 Å². The van der Waals surface area contributed by atoms with Crippen LogP contribution in [0.3, 0.4) is 0 Å². The lowest BCUT2D eigenvalue weighted by Gasteiger charge is -2.19. The Kier molecular flexibility index (Phi) is 4.78. The molecule has 1 rings (SSSR count). The third-order valence-corrected chi connectivity index (χ3v) is 2.90. The second-order valence-corrected chi connectivity index (χ2v) is 5.64. The van der Waals surface area contributed by atoms with Gasteiger partial charge in [0.1, 0.15) is 0 Å². The molecule has 0 bridgehead atoms. The minimum atomic E-state index is 0.225. The summed E-state index contributed by atoms with van der Waals surface area (Å²) in [6, 6.07) is 9.18. The van der Waals surface area contributed by atoms with Gasteiger partial charge in [0.25, 0.3) is 0 Å². The number of benzene rings is 1. The first-order valence-electron chi connectivity index (χ1n) is 6.19. The molecular weight excluding hydrogens is 206 g/mol. The summed E-state index contributed by atoms with van der Waals surface area (Å²) in [7, 11) is 0. The Bertz CT molecular complexity index is 375. The van der Waals surface area contributed by atoms with Crippen molar-refractivity contribution in [2.24, 2.45) is 0 Å². The van der Waals surface area contributed by atoms with E-state index in [9.17, 15) is 0 Å². The van der Waals surface area contributed by atoms with E-state index in [1.807, 2.05) is 0 Å². The van der Waals surface area contributed by atoms with E-state index in [4.69, 9.17) is 6.42 Å². The van der Waals surface area contributed by atoms with Crippen LogP contribution in [0.2, 0.25) is 0 Å². The van der Waals surface area contributed by atoms with E-state index < -0.39 is 0 Å². The molecule has 0 saturated carbocycles. The number of hydrogen-bond donors (Lipinski definition) is 1. The van der Waals surface area contributed by atoms with Crippen LogP contribution in [-0.2, 0) is 12.0 Å². The molecule has 0 amide bonds. The third kappa shape index (κ3) is 4.63. The van der Waals surface area contributed by atoms with Gasteiger partial charge in [-0.2, -0.15) is 0 Å². The van der Waals surface area contributed by atoms with E-state index in [1.54, 1.807) is 0 Å². The average molecular weight is 229 g/mol. The molecule has 1 unspecified atom stereocenters. The SMILES string of the molecule is C#CCC(C)NCc1ccc(C(C)(C)C)cc1. The molecule has 0 aromatic heterocycles. The minimum absolute atomic E-state index is 0.225. The van der Waals surface area contributed by atoms with Gasteiger partial charge in [0, 0.05) is 19.0 Å². The van der Waals surface area contributed by atoms with Crippen molar-refractivity contribution in [3.8, 4) is 12.3 Å². The Morgan fingerprint density at radius 3 is 2.29 bits per heavy atom. The second kappa shape index (κ2) is 5.89. The van der Waals surface area contributed by atoms with Gasteiger partial charge in [-0.1, -0.05) is 45.0 Å². The molecule has 1 aromatic rings. The molecular formula is C16H23N. The zero-order valence-corrected chi connectivity index (χ0v) is 11.4. The monoisotopic (exact) mass is 229 g/mol. The molecule has 0 radical (unpaired) electrons. The first kappa shape index (κ1) is 13.8. The van der Waals surface area contributed by atoms with E-state index >= 15 is 0 Å². The Hall–Kier alpha value is -1.26. The summed E-state index contributed by atoms with van der Waals surface area (Å²) in [6.45, 7) is 9.69. The summed E-state index contributed by atoms with van der Waals surface area (Å²) in [5.74, 6) is 2.67. The highest BCUT2D eigenvalue weighted by Gasteiger charge is 2.12. The van der Waals surface area contributed by atoms with Crippen molar-refractivity contribution in [1.82, 2.24) is 5.32 Å². The van der Waals surface area contributed by atoms with Gasteiger partial charge in [-0.05, 0) is 23.5 Å². The van der Waals surface area contributed by atoms with Crippen molar-refractivity contribution in [3.63, 3.8) is 0 Å². The first-order valence-corrected chi connectivity index (χ1v) is 6.19. The molecule has 1 nitrogen and oxygen atoms in total. The highest BCUT2D eigenvalue weighted by atomic mass is 14.9. The van der Waals surface area contributed by atoms with Crippen LogP contribution in [-0.4, -0.2) is 6.04 Å². The van der Waals surface area contributed by atoms with Crippen LogP contribution in [0.4, 0.5) is 0 Å². The van der Waals surface area contributed by atoms with Crippen LogP contribution in [0.25, 0.3) is 0 Å². The predicted molar refractivity (Wildman–Crippen MR) is 74.9 cm³/mol. The standard InChI is InChI=1S/C16H23N/c1-6-7-13(2)17-12-14-8-10-15(11-9-14)16(3,4)5/h1,8-11,13,17H,7,12H2,2-5H3. The molecule has 1 N–H and O–H groups in total. The summed E-state index contributed by atoms with van der Waals surface area (Å²) in [5, 5.41) is 3.42. The van der Waals surface area contributed by atoms with E-state index in [-0.39, 0.29) is 5.41 Å². The fraction of sp³-hybridized carbons (Fsp3) is 0.500. The quantitative estimate of drug-likeness (QED) is 0.779. The lowest BCUT2D eigenvalue weighted by Crippen LogP contribution is -2.24. The topological polar surface area (TPSA) is 12.0 Å².